The molecule has 1 aromatic rings. The molecule has 3 heteroatoms. The van der Waals surface area contributed by atoms with Crippen LogP contribution in [0.25, 0.3) is 6.08 Å². The summed E-state index contributed by atoms with van der Waals surface area (Å²) in [6.45, 7) is 5.92. The lowest BCUT2D eigenvalue weighted by Gasteiger charge is -2.29. The maximum absolute atomic E-state index is 11.8. The van der Waals surface area contributed by atoms with Crippen molar-refractivity contribution in [3.05, 3.63) is 29.8 Å². The van der Waals surface area contributed by atoms with Crippen molar-refractivity contribution in [3.8, 4) is 5.75 Å². The van der Waals surface area contributed by atoms with E-state index in [4.69, 9.17) is 4.74 Å². The van der Waals surface area contributed by atoms with Crippen LogP contribution in [-0.2, 0) is 4.79 Å². The van der Waals surface area contributed by atoms with Crippen LogP contribution in [0.15, 0.2) is 24.3 Å². The number of hydrogen-bond acceptors (Lipinski definition) is 2. The van der Waals surface area contributed by atoms with Gasteiger partial charge in [-0.2, -0.15) is 0 Å². The number of anilines is 1. The molecule has 1 amide bonds. The molecule has 0 spiro atoms. The van der Waals surface area contributed by atoms with E-state index in [0.717, 1.165) is 17.0 Å². The standard InChI is InChI=1S/C14H17NO2/c1-4-6-10-7-5-8-11-13(10)17-12(9(2)3)14(16)15-11/h4-9,12H,1-3H3,(H,15,16)/b6-4+. The van der Waals surface area contributed by atoms with Gasteiger partial charge in [-0.05, 0) is 18.9 Å². The third-order valence-electron chi connectivity index (χ3n) is 2.76. The highest BCUT2D eigenvalue weighted by molar-refractivity contribution is 5.98. The number of nitrogens with one attached hydrogen (secondary N) is 1. The number of allylic oxidation sites excluding steroid dienone is 1. The molecule has 1 atom stereocenters. The molecule has 1 unspecified atom stereocenters. The number of fused-ring (bicyclic) bond motifs is 1. The molecule has 17 heavy (non-hydrogen) atoms. The zero-order valence-electron chi connectivity index (χ0n) is 10.4. The van der Waals surface area contributed by atoms with Crippen LogP contribution in [0.2, 0.25) is 0 Å². The first-order valence-corrected chi connectivity index (χ1v) is 5.86. The summed E-state index contributed by atoms with van der Waals surface area (Å²) in [4.78, 5) is 11.8. The van der Waals surface area contributed by atoms with Crippen molar-refractivity contribution in [1.29, 1.82) is 0 Å². The Morgan fingerprint density at radius 2 is 2.18 bits per heavy atom. The van der Waals surface area contributed by atoms with Gasteiger partial charge in [0.25, 0.3) is 5.91 Å². The van der Waals surface area contributed by atoms with Gasteiger partial charge in [0, 0.05) is 5.56 Å². The number of rotatable bonds is 2. The van der Waals surface area contributed by atoms with Gasteiger partial charge < -0.3 is 10.1 Å². The molecule has 3 nitrogen and oxygen atoms in total. The fraction of sp³-hybridized carbons (Fsp3) is 0.357. The molecule has 0 aliphatic carbocycles. The van der Waals surface area contributed by atoms with Crippen molar-refractivity contribution in [1.82, 2.24) is 0 Å². The van der Waals surface area contributed by atoms with E-state index in [1.54, 1.807) is 0 Å². The first-order valence-electron chi connectivity index (χ1n) is 5.86. The van der Waals surface area contributed by atoms with Crippen molar-refractivity contribution in [2.45, 2.75) is 26.9 Å². The van der Waals surface area contributed by atoms with E-state index in [9.17, 15) is 4.79 Å². The van der Waals surface area contributed by atoms with E-state index >= 15 is 0 Å². The van der Waals surface area contributed by atoms with E-state index in [0.29, 0.717) is 0 Å². The van der Waals surface area contributed by atoms with Crippen LogP contribution in [0.3, 0.4) is 0 Å². The Balaban J connectivity index is 2.42. The van der Waals surface area contributed by atoms with Gasteiger partial charge in [-0.15, -0.1) is 0 Å². The molecule has 1 N–H and O–H groups in total. The molecule has 0 radical (unpaired) electrons. The lowest BCUT2D eigenvalue weighted by molar-refractivity contribution is -0.125. The molecule has 1 aromatic carbocycles. The molecular formula is C14H17NO2. The Hall–Kier alpha value is -1.77. The lowest BCUT2D eigenvalue weighted by Crippen LogP contribution is -2.40. The summed E-state index contributed by atoms with van der Waals surface area (Å²) in [6, 6.07) is 5.75. The zero-order valence-corrected chi connectivity index (χ0v) is 10.4. The largest absolute Gasteiger partial charge is 0.478 e. The van der Waals surface area contributed by atoms with E-state index in [2.05, 4.69) is 5.32 Å². The molecule has 0 bridgehead atoms. The van der Waals surface area contributed by atoms with Crippen molar-refractivity contribution in [2.75, 3.05) is 5.32 Å². The van der Waals surface area contributed by atoms with Crippen LogP contribution in [0.4, 0.5) is 5.69 Å². The maximum atomic E-state index is 11.8. The first-order chi connectivity index (χ1) is 8.13. The van der Waals surface area contributed by atoms with E-state index in [-0.39, 0.29) is 11.8 Å². The maximum Gasteiger partial charge on any atom is 0.265 e. The molecule has 0 saturated carbocycles. The van der Waals surface area contributed by atoms with Gasteiger partial charge >= 0.3 is 0 Å². The van der Waals surface area contributed by atoms with Crippen molar-refractivity contribution >= 4 is 17.7 Å². The number of amides is 1. The van der Waals surface area contributed by atoms with Gasteiger partial charge in [-0.1, -0.05) is 38.1 Å². The Labute approximate surface area is 101 Å². The highest BCUT2D eigenvalue weighted by Crippen LogP contribution is 2.35. The van der Waals surface area contributed by atoms with Crippen LogP contribution in [0.5, 0.6) is 5.75 Å². The van der Waals surface area contributed by atoms with E-state index in [1.807, 2.05) is 51.1 Å². The van der Waals surface area contributed by atoms with Gasteiger partial charge in [0.15, 0.2) is 11.9 Å². The molecule has 0 saturated heterocycles. The minimum absolute atomic E-state index is 0.0647. The summed E-state index contributed by atoms with van der Waals surface area (Å²) in [5.41, 5.74) is 1.75. The number of hydrogen-bond donors (Lipinski definition) is 1. The van der Waals surface area contributed by atoms with Crippen LogP contribution in [0.1, 0.15) is 26.3 Å². The third kappa shape index (κ3) is 2.18. The van der Waals surface area contributed by atoms with E-state index in [1.165, 1.54) is 0 Å². The highest BCUT2D eigenvalue weighted by atomic mass is 16.5. The Kier molecular flexibility index (Phi) is 3.18. The van der Waals surface area contributed by atoms with Gasteiger partial charge in [-0.25, -0.2) is 0 Å². The van der Waals surface area contributed by atoms with Crippen LogP contribution in [-0.4, -0.2) is 12.0 Å². The summed E-state index contributed by atoms with van der Waals surface area (Å²) in [5.74, 6) is 0.857. The topological polar surface area (TPSA) is 38.3 Å². The lowest BCUT2D eigenvalue weighted by atomic mass is 10.0. The molecule has 1 aliphatic heterocycles. The number of ether oxygens (including phenoxy) is 1. The quantitative estimate of drug-likeness (QED) is 0.849. The Bertz CT molecular complexity index is 463. The van der Waals surface area contributed by atoms with Gasteiger partial charge in [0.2, 0.25) is 0 Å². The van der Waals surface area contributed by atoms with E-state index < -0.39 is 6.10 Å². The summed E-state index contributed by atoms with van der Waals surface area (Å²) in [5, 5.41) is 2.89. The number of para-hydroxylation sites is 1. The van der Waals surface area contributed by atoms with Gasteiger partial charge in [0.1, 0.15) is 0 Å². The minimum Gasteiger partial charge on any atom is -0.478 e. The summed E-state index contributed by atoms with van der Waals surface area (Å²) >= 11 is 0. The predicted octanol–water partition coefficient (Wildman–Crippen LogP) is 3.08. The van der Waals surface area contributed by atoms with Crippen LogP contribution >= 0.6 is 0 Å². The van der Waals surface area contributed by atoms with Crippen molar-refractivity contribution in [2.24, 2.45) is 5.92 Å². The second-order valence-corrected chi connectivity index (χ2v) is 4.50. The summed E-state index contributed by atoms with van der Waals surface area (Å²) in [6.07, 6.45) is 3.53. The average Bonchev–Trinajstić information content (AvgIpc) is 2.28. The molecular weight excluding hydrogens is 214 g/mol. The SMILES string of the molecule is C/C=C/c1cccc2c1OC(C(C)C)C(=O)N2. The number of benzene rings is 1. The normalized spacial score (nSPS) is 19.1. The zero-order chi connectivity index (χ0) is 12.4. The van der Waals surface area contributed by atoms with Crippen LogP contribution < -0.4 is 10.1 Å². The average molecular weight is 231 g/mol. The van der Waals surface area contributed by atoms with Crippen molar-refractivity contribution in [3.63, 3.8) is 0 Å². The monoisotopic (exact) mass is 231 g/mol. The molecule has 1 heterocycles. The number of carbonyl (C=O) groups excluding carboxylic acids is 1. The fourth-order valence-electron chi connectivity index (χ4n) is 1.92. The fourth-order valence-corrected chi connectivity index (χ4v) is 1.92. The summed E-state index contributed by atoms with van der Waals surface area (Å²) < 4.78 is 5.83. The highest BCUT2D eigenvalue weighted by Gasteiger charge is 2.30. The Morgan fingerprint density at radius 1 is 1.41 bits per heavy atom. The number of carbonyl (C=O) groups is 1. The van der Waals surface area contributed by atoms with Crippen LogP contribution in [0, 0.1) is 5.92 Å². The first kappa shape index (κ1) is 11.7. The Morgan fingerprint density at radius 3 is 2.82 bits per heavy atom. The van der Waals surface area contributed by atoms with Gasteiger partial charge in [-0.3, -0.25) is 4.79 Å². The molecule has 0 aromatic heterocycles. The molecule has 1 aliphatic rings. The molecule has 90 valence electrons. The van der Waals surface area contributed by atoms with Gasteiger partial charge in [0.05, 0.1) is 5.69 Å². The molecule has 2 rings (SSSR count). The second-order valence-electron chi connectivity index (χ2n) is 4.50. The molecule has 0 fully saturated rings. The second kappa shape index (κ2) is 4.62. The van der Waals surface area contributed by atoms with Crippen molar-refractivity contribution < 1.29 is 9.53 Å². The predicted molar refractivity (Wildman–Crippen MR) is 69.0 cm³/mol. The third-order valence-corrected chi connectivity index (χ3v) is 2.76. The smallest absolute Gasteiger partial charge is 0.265 e. The minimum atomic E-state index is -0.408. The summed E-state index contributed by atoms with van der Waals surface area (Å²) in [7, 11) is 0.